The maximum atomic E-state index is 15.0. The molecule has 3 aromatic rings. The minimum atomic E-state index is -6.60. The lowest BCUT2D eigenvalue weighted by atomic mass is 9.77. The van der Waals surface area contributed by atoms with Crippen molar-refractivity contribution in [3.8, 4) is 11.5 Å². The molecule has 0 spiro atoms. The molecule has 18 heteroatoms. The average molecular weight is 707 g/mol. The van der Waals surface area contributed by atoms with Crippen LogP contribution in [-0.4, -0.2) is 53.6 Å². The van der Waals surface area contributed by atoms with Crippen molar-refractivity contribution < 1.29 is 72.1 Å². The van der Waals surface area contributed by atoms with Crippen molar-refractivity contribution in [2.75, 3.05) is 0 Å². The molecule has 3 aromatic carbocycles. The molecule has 0 aliphatic heterocycles. The van der Waals surface area contributed by atoms with Crippen LogP contribution in [-0.2, 0) is 16.8 Å². The number of nitrogens with one attached hydrogen (secondary N) is 1. The number of aliphatic hydroxyl groups is 1. The lowest BCUT2D eigenvalue weighted by molar-refractivity contribution is -0.371. The van der Waals surface area contributed by atoms with Crippen LogP contribution in [0.4, 0.5) is 52.7 Å². The third kappa shape index (κ3) is 7.91. The van der Waals surface area contributed by atoms with Gasteiger partial charge in [0.25, 0.3) is 5.60 Å². The molecule has 6 nitrogen and oxygen atoms in total. The van der Waals surface area contributed by atoms with Crippen LogP contribution in [0.3, 0.4) is 0 Å². The summed E-state index contributed by atoms with van der Waals surface area (Å²) in [4.78, 5) is 13.4. The van der Waals surface area contributed by atoms with Crippen molar-refractivity contribution in [3.63, 3.8) is 0 Å². The molecule has 0 aromatic heterocycles. The highest BCUT2D eigenvalue weighted by Crippen LogP contribution is 2.46. The molecule has 0 heterocycles. The van der Waals surface area contributed by atoms with Gasteiger partial charge in [0.05, 0.1) is 11.6 Å². The average Bonchev–Trinajstić information content (AvgIpc) is 2.95. The highest BCUT2D eigenvalue weighted by molar-refractivity contribution is 5.85. The summed E-state index contributed by atoms with van der Waals surface area (Å²) in [7, 11) is 0. The van der Waals surface area contributed by atoms with Gasteiger partial charge in [0.2, 0.25) is 5.91 Å². The van der Waals surface area contributed by atoms with E-state index >= 15 is 4.39 Å². The van der Waals surface area contributed by atoms with Gasteiger partial charge in [-0.15, -0.1) is 0 Å². The molecule has 0 aliphatic carbocycles. The molecule has 0 saturated carbocycles. The van der Waals surface area contributed by atoms with Crippen molar-refractivity contribution in [2.45, 2.75) is 68.4 Å². The predicted molar refractivity (Wildman–Crippen MR) is 144 cm³/mol. The van der Waals surface area contributed by atoms with Gasteiger partial charge >= 0.3 is 24.9 Å². The second-order valence-electron chi connectivity index (χ2n) is 10.7. The summed E-state index contributed by atoms with van der Waals surface area (Å²) in [6.45, 7) is 2.89. The van der Waals surface area contributed by atoms with E-state index in [1.54, 1.807) is 0 Å². The zero-order valence-electron chi connectivity index (χ0n) is 24.6. The Balaban J connectivity index is 2.43. The molecule has 4 N–H and O–H groups in total. The summed E-state index contributed by atoms with van der Waals surface area (Å²) in [6.07, 6.45) is -24.4. The molecule has 3 rings (SSSR count). The summed E-state index contributed by atoms with van der Waals surface area (Å²) >= 11 is 0. The van der Waals surface area contributed by atoms with Gasteiger partial charge in [-0.05, 0) is 54.8 Å². The second-order valence-corrected chi connectivity index (χ2v) is 10.7. The van der Waals surface area contributed by atoms with Crippen LogP contribution in [0, 0.1) is 11.6 Å². The molecule has 264 valence electrons. The Morgan fingerprint density at radius 3 is 1.96 bits per heavy atom. The normalized spacial score (nSPS) is 14.9. The van der Waals surface area contributed by atoms with Crippen LogP contribution in [0.15, 0.2) is 66.7 Å². The van der Waals surface area contributed by atoms with E-state index in [0.717, 1.165) is 12.1 Å². The van der Waals surface area contributed by atoms with Crippen LogP contribution in [0.25, 0.3) is 0 Å². The van der Waals surface area contributed by atoms with E-state index in [1.165, 1.54) is 44.2 Å². The Bertz CT molecular complexity index is 1570. The van der Waals surface area contributed by atoms with Crippen molar-refractivity contribution >= 4 is 5.91 Å². The molecule has 48 heavy (non-hydrogen) atoms. The molecule has 1 amide bonds. The first-order valence-electron chi connectivity index (χ1n) is 13.5. The molecule has 0 saturated heterocycles. The molecule has 0 bridgehead atoms. The first kappa shape index (κ1) is 38.3. The van der Waals surface area contributed by atoms with Gasteiger partial charge in [-0.25, -0.2) is 8.78 Å². The number of ether oxygens (including phenoxy) is 2. The van der Waals surface area contributed by atoms with Crippen molar-refractivity contribution in [2.24, 2.45) is 5.73 Å². The number of benzene rings is 3. The summed E-state index contributed by atoms with van der Waals surface area (Å²) in [6, 6.07) is 6.48. The molecule has 0 fully saturated rings. The van der Waals surface area contributed by atoms with Gasteiger partial charge in [0.1, 0.15) is 17.6 Å². The van der Waals surface area contributed by atoms with Crippen molar-refractivity contribution in [3.05, 3.63) is 95.1 Å². The number of hydrogen-bond acceptors (Lipinski definition) is 5. The largest absolute Gasteiger partial charge is 0.488 e. The third-order valence-electron chi connectivity index (χ3n) is 6.90. The minimum absolute atomic E-state index is 0.0913. The maximum Gasteiger partial charge on any atom is 0.461 e. The van der Waals surface area contributed by atoms with Crippen molar-refractivity contribution in [1.82, 2.24) is 5.32 Å². The Labute approximate surface area is 264 Å². The van der Waals surface area contributed by atoms with Gasteiger partial charge in [0.15, 0.2) is 11.6 Å². The number of alkyl halides is 10. The van der Waals surface area contributed by atoms with Gasteiger partial charge < -0.3 is 25.6 Å². The van der Waals surface area contributed by atoms with Crippen LogP contribution in [0.2, 0.25) is 0 Å². The zero-order chi connectivity index (χ0) is 36.5. The van der Waals surface area contributed by atoms with Gasteiger partial charge in [-0.1, -0.05) is 36.4 Å². The number of hydrogen-bond donors (Lipinski definition) is 3. The molecular weight excluding hydrogens is 680 g/mol. The Kier molecular flexibility index (Phi) is 10.9. The predicted octanol–water partition coefficient (Wildman–Crippen LogP) is 6.77. The SMILES string of the molecule is CC(C)Oc1cc([C@@](Cc2ccccc2)(NC(=O)[C@@H](N)C(O)(C(F)(F)F)C(F)(F)F)c2cc(F)cc(OC(F)(F)C(F)F)c2)ccc1F. The summed E-state index contributed by atoms with van der Waals surface area (Å²) in [5, 5.41) is 11.7. The Hall–Kier alpha value is -4.19. The molecule has 0 unspecified atom stereocenters. The van der Waals surface area contributed by atoms with E-state index in [2.05, 4.69) is 4.74 Å². The summed E-state index contributed by atoms with van der Waals surface area (Å²) in [5.41, 5.74) is -4.58. The first-order chi connectivity index (χ1) is 21.9. The summed E-state index contributed by atoms with van der Waals surface area (Å²) in [5.74, 6) is -6.88. The molecule has 0 aliphatic rings. The highest BCUT2D eigenvalue weighted by Gasteiger charge is 2.75. The second kappa shape index (κ2) is 13.7. The van der Waals surface area contributed by atoms with Crippen molar-refractivity contribution in [1.29, 1.82) is 0 Å². The number of carbonyl (C=O) groups is 1. The topological polar surface area (TPSA) is 93.8 Å². The number of halogens is 12. The van der Waals surface area contributed by atoms with Gasteiger partial charge in [-0.3, -0.25) is 4.79 Å². The number of amides is 1. The fraction of sp³-hybridized carbons (Fsp3) is 0.367. The highest BCUT2D eigenvalue weighted by atomic mass is 19.4. The van der Waals surface area contributed by atoms with Crippen LogP contribution >= 0.6 is 0 Å². The number of carbonyl (C=O) groups excluding carboxylic acids is 1. The third-order valence-corrected chi connectivity index (χ3v) is 6.90. The Morgan fingerprint density at radius 1 is 0.854 bits per heavy atom. The number of rotatable bonds is 12. The standard InChI is InChI=1S/C30H26F12N2O4/c1-15(2)47-22-12-17(8-9-21(22)32)26(14-16-6-4-3-5-7-16,18-10-19(31)13-20(11-18)48-28(35,36)25(33)34)44-24(45)23(43)27(46,29(37,38)39)30(40,41)42/h3-13,15,23,25,46H,14,43H2,1-2H3,(H,44,45)/t23-,26-/m1/s1. The van der Waals surface area contributed by atoms with Gasteiger partial charge in [0, 0.05) is 12.5 Å². The fourth-order valence-electron chi connectivity index (χ4n) is 4.64. The lowest BCUT2D eigenvalue weighted by Crippen LogP contribution is -2.72. The summed E-state index contributed by atoms with van der Waals surface area (Å²) < 4.78 is 175. The monoisotopic (exact) mass is 706 g/mol. The van der Waals surface area contributed by atoms with Crippen LogP contribution in [0.5, 0.6) is 11.5 Å². The quantitative estimate of drug-likeness (QED) is 0.181. The smallest absolute Gasteiger partial charge is 0.461 e. The van der Waals surface area contributed by atoms with E-state index in [9.17, 15) is 58.2 Å². The zero-order valence-corrected chi connectivity index (χ0v) is 24.6. The first-order valence-corrected chi connectivity index (χ1v) is 13.5. The van der Waals surface area contributed by atoms with E-state index < -0.39 is 94.8 Å². The maximum absolute atomic E-state index is 15.0. The Morgan fingerprint density at radius 2 is 1.44 bits per heavy atom. The lowest BCUT2D eigenvalue weighted by Gasteiger charge is -2.41. The van der Waals surface area contributed by atoms with Gasteiger partial charge in [-0.2, -0.15) is 43.9 Å². The van der Waals surface area contributed by atoms with E-state index in [-0.39, 0.29) is 11.6 Å². The van der Waals surface area contributed by atoms with Crippen LogP contribution < -0.4 is 20.5 Å². The van der Waals surface area contributed by atoms with Crippen LogP contribution in [0.1, 0.15) is 30.5 Å². The fourth-order valence-corrected chi connectivity index (χ4v) is 4.64. The van der Waals surface area contributed by atoms with E-state index in [0.29, 0.717) is 18.2 Å². The van der Waals surface area contributed by atoms with E-state index in [1.807, 2.05) is 5.32 Å². The minimum Gasteiger partial charge on any atom is -0.488 e. The van der Waals surface area contributed by atoms with E-state index in [4.69, 9.17) is 10.5 Å². The molecule has 0 radical (unpaired) electrons. The molecular formula is C30H26F12N2O4. The number of nitrogens with two attached hydrogens (primary N) is 1. The molecule has 2 atom stereocenters.